The molecular weight excluding hydrogens is 588 g/mol. The summed E-state index contributed by atoms with van der Waals surface area (Å²) in [6.45, 7) is 3.88. The number of halogens is 2. The molecule has 0 unspecified atom stereocenters. The first kappa shape index (κ1) is 31.8. The number of azo groups is 1. The predicted molar refractivity (Wildman–Crippen MR) is 149 cm³/mol. The van der Waals surface area contributed by atoms with Gasteiger partial charge in [0.2, 0.25) is 0 Å². The van der Waals surface area contributed by atoms with Gasteiger partial charge in [0.15, 0.2) is 0 Å². The Morgan fingerprint density at radius 2 is 1.73 bits per heavy atom. The molecule has 40 heavy (non-hydrogen) atoms. The maximum atomic E-state index is 13.6. The first-order chi connectivity index (χ1) is 18.5. The van der Waals surface area contributed by atoms with Gasteiger partial charge >= 0.3 is 29.6 Å². The van der Waals surface area contributed by atoms with Gasteiger partial charge in [-0.3, -0.25) is 9.35 Å². The smallest absolute Gasteiger partial charge is 0.870 e. The number of carbonyl (C=O) groups is 1. The van der Waals surface area contributed by atoms with Gasteiger partial charge < -0.3 is 15.2 Å². The van der Waals surface area contributed by atoms with Crippen LogP contribution in [0.2, 0.25) is 10.0 Å². The van der Waals surface area contributed by atoms with Gasteiger partial charge in [-0.15, -0.1) is 5.11 Å². The maximum absolute atomic E-state index is 13.6. The summed E-state index contributed by atoms with van der Waals surface area (Å²) in [5.74, 6) is -1.11. The van der Waals surface area contributed by atoms with Crippen molar-refractivity contribution in [3.63, 3.8) is 0 Å². The molecule has 0 spiro atoms. The van der Waals surface area contributed by atoms with E-state index in [2.05, 4.69) is 15.5 Å². The molecule has 0 aliphatic rings. The summed E-state index contributed by atoms with van der Waals surface area (Å²) in [6, 6.07) is 15.7. The first-order valence-corrected chi connectivity index (χ1v) is 13.9. The minimum atomic E-state index is -4.77. The van der Waals surface area contributed by atoms with Crippen LogP contribution in [0.5, 0.6) is 11.5 Å². The summed E-state index contributed by atoms with van der Waals surface area (Å²) < 4.78 is 39.5. The van der Waals surface area contributed by atoms with E-state index in [-0.39, 0.29) is 57.2 Å². The molecule has 0 saturated heterocycles. The quantitative estimate of drug-likeness (QED) is 0.175. The van der Waals surface area contributed by atoms with Crippen LogP contribution in [0.1, 0.15) is 29.8 Å². The summed E-state index contributed by atoms with van der Waals surface area (Å²) in [4.78, 5) is 12.7. The minimum Gasteiger partial charge on any atom is -0.870 e. The molecule has 0 heterocycles. The van der Waals surface area contributed by atoms with Crippen molar-refractivity contribution in [3.05, 3.63) is 81.8 Å². The average molecular weight is 610 g/mol. The van der Waals surface area contributed by atoms with Crippen LogP contribution >= 0.6 is 23.2 Å². The number of hydrogen-bond acceptors (Lipinski definition) is 7. The van der Waals surface area contributed by atoms with E-state index in [1.807, 2.05) is 0 Å². The summed E-state index contributed by atoms with van der Waals surface area (Å²) in [7, 11) is -4.77. The number of hydrogen-bond donors (Lipinski definition) is 2. The Bertz CT molecular complexity index is 1730. The van der Waals surface area contributed by atoms with Crippen molar-refractivity contribution < 1.29 is 57.2 Å². The summed E-state index contributed by atoms with van der Waals surface area (Å²) in [5, 5.41) is 25.4. The van der Waals surface area contributed by atoms with E-state index in [9.17, 15) is 22.9 Å². The van der Waals surface area contributed by atoms with Gasteiger partial charge in [-0.1, -0.05) is 66.2 Å². The number of ether oxygens (including phenoxy) is 1. The van der Waals surface area contributed by atoms with Crippen LogP contribution < -0.4 is 44.7 Å². The number of anilines is 1. The Hall–Kier alpha value is -2.70. The van der Waals surface area contributed by atoms with Crippen LogP contribution in [0.15, 0.2) is 75.8 Å². The van der Waals surface area contributed by atoms with Crippen molar-refractivity contribution in [2.24, 2.45) is 10.2 Å². The van der Waals surface area contributed by atoms with Gasteiger partial charge in [0, 0.05) is 16.0 Å². The van der Waals surface area contributed by atoms with Gasteiger partial charge in [-0.05, 0) is 54.6 Å². The molecule has 0 saturated carbocycles. The third-order valence-electron chi connectivity index (χ3n) is 5.77. The number of amides is 1. The maximum Gasteiger partial charge on any atom is 1.00 e. The van der Waals surface area contributed by atoms with Crippen molar-refractivity contribution in [1.82, 2.24) is 0 Å². The Morgan fingerprint density at radius 1 is 1.02 bits per heavy atom. The van der Waals surface area contributed by atoms with E-state index in [0.29, 0.717) is 40.1 Å². The van der Waals surface area contributed by atoms with Crippen molar-refractivity contribution >= 4 is 67.1 Å². The fraction of sp³-hybridized carbons (Fsp3) is 0.148. The molecule has 0 bridgehead atoms. The van der Waals surface area contributed by atoms with E-state index >= 15 is 0 Å². The number of carbonyl (C=O) groups excluding carboxylic acids is 1. The van der Waals surface area contributed by atoms with Gasteiger partial charge in [-0.25, -0.2) is 0 Å². The summed E-state index contributed by atoms with van der Waals surface area (Å²) in [6.07, 6.45) is 0.337. The van der Waals surface area contributed by atoms with Gasteiger partial charge in [0.25, 0.3) is 16.0 Å². The fourth-order valence-corrected chi connectivity index (χ4v) is 5.32. The van der Waals surface area contributed by atoms with E-state index in [4.69, 9.17) is 27.9 Å². The topological polar surface area (TPSA) is 140 Å². The Morgan fingerprint density at radius 3 is 2.40 bits per heavy atom. The predicted octanol–water partition coefficient (Wildman–Crippen LogP) is 4.10. The molecule has 202 valence electrons. The van der Waals surface area contributed by atoms with E-state index in [1.165, 1.54) is 18.2 Å². The van der Waals surface area contributed by atoms with Crippen LogP contribution in [-0.4, -0.2) is 25.5 Å². The zero-order chi connectivity index (χ0) is 28.3. The first-order valence-electron chi connectivity index (χ1n) is 11.7. The van der Waals surface area contributed by atoms with Crippen LogP contribution in [0.4, 0.5) is 17.1 Å². The Balaban J connectivity index is 0.00000441. The largest absolute Gasteiger partial charge is 1.00 e. The molecule has 4 rings (SSSR count). The molecule has 0 radical (unpaired) electrons. The molecular formula is C27H22Cl2N3NaO6S. The van der Waals surface area contributed by atoms with E-state index in [0.717, 1.165) is 0 Å². The minimum absolute atomic E-state index is 0. The van der Waals surface area contributed by atoms with Gasteiger partial charge in [-0.2, -0.15) is 13.5 Å². The number of rotatable bonds is 8. The van der Waals surface area contributed by atoms with Crippen LogP contribution in [0.25, 0.3) is 10.8 Å². The summed E-state index contributed by atoms with van der Waals surface area (Å²) in [5.41, 5.74) is 0.0610. The van der Waals surface area contributed by atoms with E-state index < -0.39 is 26.7 Å². The number of fused-ring (bicyclic) bond motifs is 1. The molecule has 4 aromatic rings. The van der Waals surface area contributed by atoms with Crippen molar-refractivity contribution in [2.75, 3.05) is 11.9 Å². The normalized spacial score (nSPS) is 11.4. The summed E-state index contributed by atoms with van der Waals surface area (Å²) >= 11 is 12.2. The molecule has 9 nitrogen and oxygen atoms in total. The molecule has 0 atom stereocenters. The average Bonchev–Trinajstić information content (AvgIpc) is 2.88. The second kappa shape index (κ2) is 13.3. The zero-order valence-electron chi connectivity index (χ0n) is 21.7. The third-order valence-corrected chi connectivity index (χ3v) is 7.36. The second-order valence-corrected chi connectivity index (χ2v) is 10.5. The Kier molecular flexibility index (Phi) is 10.6. The van der Waals surface area contributed by atoms with Crippen molar-refractivity contribution in [2.45, 2.75) is 25.2 Å². The van der Waals surface area contributed by atoms with Crippen LogP contribution in [0.3, 0.4) is 0 Å². The number of benzene rings is 4. The second-order valence-electron chi connectivity index (χ2n) is 8.26. The molecule has 0 aliphatic carbocycles. The van der Waals surface area contributed by atoms with Crippen LogP contribution in [0, 0.1) is 0 Å². The van der Waals surface area contributed by atoms with Gasteiger partial charge in [0.05, 0.1) is 23.0 Å². The molecule has 13 heteroatoms. The van der Waals surface area contributed by atoms with Gasteiger partial charge in [0.1, 0.15) is 16.3 Å². The molecule has 0 aromatic heterocycles. The standard InChI is InChI=1S/C27H23Cl2N3O6S.Na/c1-3-15-9-11-20(29)26(39(35,36)37)23(15)31-32-24-18-8-6-5-7-16(18)13-19(25(24)33)27(34)30-21-14-17(28)10-12-22(21)38-4-2;/h5-14,33H,3-4H2,1-2H3,(H,30,34)(H,35,36,37);/q;+1/p-1. The van der Waals surface area contributed by atoms with E-state index in [1.54, 1.807) is 56.3 Å². The fourth-order valence-electron chi connectivity index (χ4n) is 3.98. The molecule has 1 amide bonds. The SMILES string of the molecule is CCOc1ccc(Cl)cc1NC(=O)c1cc2ccccc2c(N=Nc2c(CC)ccc(Cl)c2S(=O)(=O)O)c1[O-].[Na+]. The molecule has 0 aliphatic heterocycles. The molecule has 2 N–H and O–H groups in total. The van der Waals surface area contributed by atoms with Crippen LogP contribution in [-0.2, 0) is 16.5 Å². The zero-order valence-corrected chi connectivity index (χ0v) is 26.1. The Labute approximate surface area is 263 Å². The molecule has 0 fully saturated rings. The van der Waals surface area contributed by atoms with Crippen molar-refractivity contribution in [1.29, 1.82) is 0 Å². The number of aryl methyl sites for hydroxylation is 1. The monoisotopic (exact) mass is 609 g/mol. The number of nitrogens with one attached hydrogen (secondary N) is 1. The third kappa shape index (κ3) is 6.77. The number of nitrogens with zero attached hydrogens (tertiary/aromatic N) is 2. The van der Waals surface area contributed by atoms with Crippen molar-refractivity contribution in [3.8, 4) is 11.5 Å². The molecule has 4 aromatic carbocycles.